The average Bonchev–Trinajstić information content (AvgIpc) is 2.80. The fourth-order valence-electron chi connectivity index (χ4n) is 2.19. The van der Waals surface area contributed by atoms with E-state index in [0.29, 0.717) is 5.52 Å². The zero-order valence-electron chi connectivity index (χ0n) is 12.1. The van der Waals surface area contributed by atoms with Gasteiger partial charge in [-0.1, -0.05) is 41.9 Å². The first-order valence-electron chi connectivity index (χ1n) is 6.71. The molecule has 0 aliphatic rings. The number of hydrogen-bond acceptors (Lipinski definition) is 4. The Morgan fingerprint density at radius 2 is 1.91 bits per heavy atom. The minimum absolute atomic E-state index is 0.0226. The van der Waals surface area contributed by atoms with Gasteiger partial charge in [0.05, 0.1) is 10.5 Å². The van der Waals surface area contributed by atoms with Crippen LogP contribution in [0.4, 0.5) is 0 Å². The normalized spacial score (nSPS) is 11.9. The van der Waals surface area contributed by atoms with E-state index in [1.165, 1.54) is 23.7 Å². The molecule has 8 heteroatoms. The Labute approximate surface area is 137 Å². The van der Waals surface area contributed by atoms with E-state index in [1.807, 2.05) is 30.3 Å². The van der Waals surface area contributed by atoms with Crippen molar-refractivity contribution in [3.63, 3.8) is 0 Å². The maximum absolute atomic E-state index is 12.4. The van der Waals surface area contributed by atoms with E-state index in [9.17, 15) is 13.2 Å². The minimum Gasteiger partial charge on any atom is -0.408 e. The molecule has 2 aromatic carbocycles. The molecule has 0 aliphatic heterocycles. The number of aryl methyl sites for hydroxylation is 1. The van der Waals surface area contributed by atoms with Crippen LogP contribution in [0.2, 0.25) is 5.02 Å². The van der Waals surface area contributed by atoms with Gasteiger partial charge in [-0.2, -0.15) is 0 Å². The van der Waals surface area contributed by atoms with E-state index in [4.69, 9.17) is 16.0 Å². The first kappa shape index (κ1) is 15.8. The molecule has 0 atom stereocenters. The summed E-state index contributed by atoms with van der Waals surface area (Å²) < 4.78 is 33.6. The van der Waals surface area contributed by atoms with Crippen molar-refractivity contribution in [1.29, 1.82) is 0 Å². The highest BCUT2D eigenvalue weighted by Gasteiger charge is 2.21. The first-order chi connectivity index (χ1) is 10.9. The second kappa shape index (κ2) is 5.84. The molecule has 0 saturated carbocycles. The van der Waals surface area contributed by atoms with Gasteiger partial charge in [-0.15, -0.1) is 0 Å². The Kier molecular flexibility index (Phi) is 4.01. The van der Waals surface area contributed by atoms with Crippen LogP contribution in [-0.2, 0) is 23.6 Å². The van der Waals surface area contributed by atoms with Gasteiger partial charge in [0.25, 0.3) is 0 Å². The number of nitrogens with zero attached hydrogens (tertiary/aromatic N) is 1. The number of sulfonamides is 1. The fourth-order valence-corrected chi connectivity index (χ4v) is 3.74. The summed E-state index contributed by atoms with van der Waals surface area (Å²) in [7, 11) is -2.32. The van der Waals surface area contributed by atoms with Crippen LogP contribution in [0.3, 0.4) is 0 Å². The lowest BCUT2D eigenvalue weighted by molar-refractivity contribution is 0.527. The minimum atomic E-state index is -3.84. The molecule has 120 valence electrons. The third kappa shape index (κ3) is 3.03. The Bertz CT molecular complexity index is 1020. The molecular weight excluding hydrogens is 340 g/mol. The standard InChI is InChI=1S/C15H13ClN2O4S/c1-18-12-7-11(16)14(8-13(12)22-15(18)19)23(20,21)17-9-10-5-3-2-4-6-10/h2-8,17H,9H2,1H3. The Balaban J connectivity index is 1.97. The number of benzene rings is 2. The van der Waals surface area contributed by atoms with Crippen LogP contribution in [-0.4, -0.2) is 13.0 Å². The molecule has 0 spiro atoms. The summed E-state index contributed by atoms with van der Waals surface area (Å²) in [5.74, 6) is -0.581. The quantitative estimate of drug-likeness (QED) is 0.781. The molecule has 23 heavy (non-hydrogen) atoms. The van der Waals surface area contributed by atoms with Gasteiger partial charge in [-0.3, -0.25) is 4.57 Å². The molecule has 1 aromatic heterocycles. The molecular formula is C15H13ClN2O4S. The number of nitrogens with one attached hydrogen (secondary N) is 1. The first-order valence-corrected chi connectivity index (χ1v) is 8.57. The molecule has 0 bridgehead atoms. The Hall–Kier alpha value is -2.09. The van der Waals surface area contributed by atoms with Crippen LogP contribution < -0.4 is 10.5 Å². The lowest BCUT2D eigenvalue weighted by Crippen LogP contribution is -2.23. The van der Waals surface area contributed by atoms with Crippen molar-refractivity contribution in [1.82, 2.24) is 9.29 Å². The van der Waals surface area contributed by atoms with Crippen LogP contribution in [0.5, 0.6) is 0 Å². The molecule has 1 heterocycles. The molecule has 0 saturated heterocycles. The SMILES string of the molecule is Cn1c(=O)oc2cc(S(=O)(=O)NCc3ccccc3)c(Cl)cc21. The molecule has 6 nitrogen and oxygen atoms in total. The lowest BCUT2D eigenvalue weighted by atomic mass is 10.2. The third-order valence-electron chi connectivity index (χ3n) is 3.44. The highest BCUT2D eigenvalue weighted by molar-refractivity contribution is 7.89. The molecule has 0 radical (unpaired) electrons. The molecule has 0 aliphatic carbocycles. The maximum Gasteiger partial charge on any atom is 0.419 e. The summed E-state index contributed by atoms with van der Waals surface area (Å²) in [6.45, 7) is 0.135. The summed E-state index contributed by atoms with van der Waals surface area (Å²) in [6.07, 6.45) is 0. The number of halogens is 1. The average molecular weight is 353 g/mol. The number of oxazole rings is 1. The predicted molar refractivity (Wildman–Crippen MR) is 86.9 cm³/mol. The smallest absolute Gasteiger partial charge is 0.408 e. The van der Waals surface area contributed by atoms with E-state index >= 15 is 0 Å². The summed E-state index contributed by atoms with van der Waals surface area (Å²) in [4.78, 5) is 11.4. The number of rotatable bonds is 4. The zero-order valence-corrected chi connectivity index (χ0v) is 13.7. The van der Waals surface area contributed by atoms with Crippen molar-refractivity contribution in [2.24, 2.45) is 7.05 Å². The van der Waals surface area contributed by atoms with Crippen molar-refractivity contribution in [3.8, 4) is 0 Å². The van der Waals surface area contributed by atoms with Crippen molar-refractivity contribution in [3.05, 3.63) is 63.6 Å². The maximum atomic E-state index is 12.4. The fraction of sp³-hybridized carbons (Fsp3) is 0.133. The Morgan fingerprint density at radius 1 is 1.22 bits per heavy atom. The van der Waals surface area contributed by atoms with Crippen LogP contribution in [0, 0.1) is 0 Å². The highest BCUT2D eigenvalue weighted by atomic mass is 35.5. The second-order valence-electron chi connectivity index (χ2n) is 4.99. The molecule has 1 N–H and O–H groups in total. The molecule has 0 unspecified atom stereocenters. The second-order valence-corrected chi connectivity index (χ2v) is 7.13. The lowest BCUT2D eigenvalue weighted by Gasteiger charge is -2.08. The largest absolute Gasteiger partial charge is 0.419 e. The van der Waals surface area contributed by atoms with Crippen molar-refractivity contribution in [2.75, 3.05) is 0 Å². The zero-order chi connectivity index (χ0) is 16.6. The summed E-state index contributed by atoms with van der Waals surface area (Å²) in [5, 5.41) is 0.0226. The van der Waals surface area contributed by atoms with Crippen molar-refractivity contribution >= 4 is 32.7 Å². The van der Waals surface area contributed by atoms with Gasteiger partial charge in [0.2, 0.25) is 10.0 Å². The van der Waals surface area contributed by atoms with Crippen LogP contribution in [0.15, 0.2) is 56.6 Å². The molecule has 0 amide bonds. The van der Waals surface area contributed by atoms with Crippen LogP contribution in [0.1, 0.15) is 5.56 Å². The van der Waals surface area contributed by atoms with Crippen molar-refractivity contribution < 1.29 is 12.8 Å². The monoisotopic (exact) mass is 352 g/mol. The van der Waals surface area contributed by atoms with Gasteiger partial charge >= 0.3 is 5.76 Å². The number of hydrogen-bond donors (Lipinski definition) is 1. The summed E-state index contributed by atoms with van der Waals surface area (Å²) in [6, 6.07) is 11.8. The van der Waals surface area contributed by atoms with Gasteiger partial charge in [0.1, 0.15) is 4.90 Å². The summed E-state index contributed by atoms with van der Waals surface area (Å²) in [5.41, 5.74) is 1.42. The highest BCUT2D eigenvalue weighted by Crippen LogP contribution is 2.27. The van der Waals surface area contributed by atoms with E-state index in [0.717, 1.165) is 5.56 Å². The Morgan fingerprint density at radius 3 is 2.61 bits per heavy atom. The van der Waals surface area contributed by atoms with Gasteiger partial charge in [0, 0.05) is 19.7 Å². The summed E-state index contributed by atoms with van der Waals surface area (Å²) >= 11 is 6.07. The van der Waals surface area contributed by atoms with Gasteiger partial charge in [-0.25, -0.2) is 17.9 Å². The van der Waals surface area contributed by atoms with E-state index in [1.54, 1.807) is 0 Å². The molecule has 3 rings (SSSR count). The number of aromatic nitrogens is 1. The van der Waals surface area contributed by atoms with Crippen LogP contribution >= 0.6 is 11.6 Å². The van der Waals surface area contributed by atoms with E-state index in [-0.39, 0.29) is 22.0 Å². The molecule has 3 aromatic rings. The molecule has 0 fully saturated rings. The van der Waals surface area contributed by atoms with Gasteiger partial charge in [-0.05, 0) is 11.6 Å². The third-order valence-corrected chi connectivity index (χ3v) is 5.31. The topological polar surface area (TPSA) is 81.3 Å². The van der Waals surface area contributed by atoms with Gasteiger partial charge in [0.15, 0.2) is 5.58 Å². The number of fused-ring (bicyclic) bond motifs is 1. The van der Waals surface area contributed by atoms with Gasteiger partial charge < -0.3 is 4.42 Å². The van der Waals surface area contributed by atoms with E-state index in [2.05, 4.69) is 4.72 Å². The van der Waals surface area contributed by atoms with Crippen LogP contribution in [0.25, 0.3) is 11.1 Å². The predicted octanol–water partition coefficient (Wildman–Crippen LogP) is 2.26. The van der Waals surface area contributed by atoms with Crippen molar-refractivity contribution in [2.45, 2.75) is 11.4 Å². The van der Waals surface area contributed by atoms with E-state index < -0.39 is 15.8 Å².